The number of allylic oxidation sites excluding steroid dienone is 1. The number of aromatic nitrogens is 4. The van der Waals surface area contributed by atoms with Crippen molar-refractivity contribution in [3.8, 4) is 0 Å². The molecule has 1 fully saturated rings. The number of pyridine rings is 2. The van der Waals surface area contributed by atoms with E-state index in [0.29, 0.717) is 41.7 Å². The third kappa shape index (κ3) is 5.22. The van der Waals surface area contributed by atoms with Crippen LogP contribution in [0.3, 0.4) is 0 Å². The summed E-state index contributed by atoms with van der Waals surface area (Å²) in [6.45, 7) is 4.62. The largest absolute Gasteiger partial charge is 0.475 e. The molecule has 1 aromatic carbocycles. The van der Waals surface area contributed by atoms with Crippen LogP contribution in [0.4, 0.5) is 17.3 Å². The minimum absolute atomic E-state index is 0.0975. The summed E-state index contributed by atoms with van der Waals surface area (Å²) < 4.78 is 9.50. The molecule has 0 bridgehead atoms. The summed E-state index contributed by atoms with van der Waals surface area (Å²) in [4.78, 5) is 27.2. The van der Waals surface area contributed by atoms with E-state index in [1.54, 1.807) is 40.8 Å². The van der Waals surface area contributed by atoms with E-state index < -0.39 is 0 Å². The van der Waals surface area contributed by atoms with E-state index in [1.807, 2.05) is 36.4 Å². The summed E-state index contributed by atoms with van der Waals surface area (Å²) in [5, 5.41) is 17.6. The zero-order chi connectivity index (χ0) is 28.4. The first-order valence-corrected chi connectivity index (χ1v) is 14.1. The maximum atomic E-state index is 12.7. The second-order valence-corrected chi connectivity index (χ2v) is 10.8. The molecular formula is C31H35N7O3. The average Bonchev–Trinajstić information content (AvgIpc) is 3.51. The maximum Gasteiger partial charge on any atom is 0.276 e. The van der Waals surface area contributed by atoms with E-state index in [0.717, 1.165) is 42.5 Å². The zero-order valence-corrected chi connectivity index (χ0v) is 23.2. The van der Waals surface area contributed by atoms with Crippen molar-refractivity contribution in [1.82, 2.24) is 19.3 Å². The first-order chi connectivity index (χ1) is 20.0. The molecule has 0 amide bonds. The van der Waals surface area contributed by atoms with Crippen molar-refractivity contribution < 1.29 is 9.84 Å². The van der Waals surface area contributed by atoms with Gasteiger partial charge in [0.05, 0.1) is 41.4 Å². The van der Waals surface area contributed by atoms with Gasteiger partial charge in [0.1, 0.15) is 18.2 Å². The molecule has 1 aliphatic heterocycles. The Bertz CT molecular complexity index is 1650. The average molecular weight is 554 g/mol. The molecule has 1 saturated carbocycles. The monoisotopic (exact) mass is 553 g/mol. The molecule has 0 radical (unpaired) electrons. The second-order valence-electron chi connectivity index (χ2n) is 10.8. The van der Waals surface area contributed by atoms with Gasteiger partial charge in [-0.1, -0.05) is 55.7 Å². The number of aryl methyl sites for hydroxylation is 1. The number of aliphatic hydroxyl groups is 1. The Labute approximate surface area is 238 Å². The van der Waals surface area contributed by atoms with E-state index in [4.69, 9.17) is 14.7 Å². The van der Waals surface area contributed by atoms with Crippen LogP contribution < -0.4 is 16.2 Å². The van der Waals surface area contributed by atoms with E-state index >= 15 is 0 Å². The normalized spacial score (nSPS) is 16.8. The van der Waals surface area contributed by atoms with Gasteiger partial charge in [-0.2, -0.15) is 0 Å². The number of aliphatic hydroxyl groups excluding tert-OH is 1. The van der Waals surface area contributed by atoms with E-state index in [9.17, 15) is 9.90 Å². The Morgan fingerprint density at radius 3 is 2.71 bits per heavy atom. The lowest BCUT2D eigenvalue weighted by Crippen LogP contribution is -2.30. The van der Waals surface area contributed by atoms with Crippen LogP contribution in [0, 0.1) is 0 Å². The molecule has 6 rings (SSSR count). The number of fused-ring (bicyclic) bond motifs is 1. The first-order valence-electron chi connectivity index (χ1n) is 14.1. The number of hydrogen-bond donors (Lipinski definition) is 3. The third-order valence-corrected chi connectivity index (χ3v) is 8.02. The van der Waals surface area contributed by atoms with Gasteiger partial charge in [-0.05, 0) is 30.5 Å². The van der Waals surface area contributed by atoms with Crippen LogP contribution in [0.1, 0.15) is 49.3 Å². The molecule has 4 heterocycles. The summed E-state index contributed by atoms with van der Waals surface area (Å²) in [7, 11) is 1.80. The number of ether oxygens (including phenoxy) is 1. The molecular weight excluding hydrogens is 518 g/mol. The lowest BCUT2D eigenvalue weighted by Gasteiger charge is -2.27. The topological polar surface area (TPSA) is 119 Å². The maximum absolute atomic E-state index is 12.7. The van der Waals surface area contributed by atoms with Crippen LogP contribution >= 0.6 is 0 Å². The fraction of sp³-hybridized carbons (Fsp3) is 0.355. The standard InChI is InChI=1S/C31H35N7O3/c1-3-16-38-30(40)22-12-13-26(35-28(22)37(38)2)34-27-17-24(33-25(19-39)21-10-6-4-7-11-21)23(18-32-27)29-36-31(20-41-29)14-8-5-9-15-31/h3-4,6-7,10-13,17-18,25,39H,1,5,8-9,14-16,19-20H2,2H3,(H2,32,33,34,35)/t25-/m1/s1. The zero-order valence-electron chi connectivity index (χ0n) is 23.2. The molecule has 41 heavy (non-hydrogen) atoms. The van der Waals surface area contributed by atoms with Crippen LogP contribution in [0.2, 0.25) is 0 Å². The number of benzene rings is 1. The molecule has 10 nitrogen and oxygen atoms in total. The molecule has 0 saturated heterocycles. The van der Waals surface area contributed by atoms with Gasteiger partial charge >= 0.3 is 0 Å². The highest BCUT2D eigenvalue weighted by atomic mass is 16.5. The molecule has 2 aliphatic rings. The second kappa shape index (κ2) is 11.2. The molecule has 1 spiro atoms. The van der Waals surface area contributed by atoms with Gasteiger partial charge in [0, 0.05) is 19.3 Å². The smallest absolute Gasteiger partial charge is 0.276 e. The van der Waals surface area contributed by atoms with Crippen LogP contribution in [0.25, 0.3) is 11.0 Å². The van der Waals surface area contributed by atoms with Gasteiger partial charge in [0.25, 0.3) is 5.56 Å². The highest BCUT2D eigenvalue weighted by Crippen LogP contribution is 2.37. The number of rotatable bonds is 9. The summed E-state index contributed by atoms with van der Waals surface area (Å²) in [5.74, 6) is 1.68. The molecule has 3 N–H and O–H groups in total. The van der Waals surface area contributed by atoms with Crippen molar-refractivity contribution in [1.29, 1.82) is 0 Å². The molecule has 10 heteroatoms. The predicted octanol–water partition coefficient (Wildman–Crippen LogP) is 4.68. The summed E-state index contributed by atoms with van der Waals surface area (Å²) in [5.41, 5.74) is 2.74. The van der Waals surface area contributed by atoms with Gasteiger partial charge in [0.2, 0.25) is 5.90 Å². The Morgan fingerprint density at radius 1 is 1.15 bits per heavy atom. The van der Waals surface area contributed by atoms with Crippen molar-refractivity contribution in [2.45, 2.75) is 50.2 Å². The minimum Gasteiger partial charge on any atom is -0.475 e. The lowest BCUT2D eigenvalue weighted by atomic mass is 9.83. The number of aliphatic imine (C=N–C) groups is 1. The molecule has 1 atom stereocenters. The van der Waals surface area contributed by atoms with E-state index in [1.165, 1.54) is 6.42 Å². The van der Waals surface area contributed by atoms with Crippen molar-refractivity contribution in [2.75, 3.05) is 23.8 Å². The Morgan fingerprint density at radius 2 is 1.95 bits per heavy atom. The Balaban J connectivity index is 1.35. The minimum atomic E-state index is -0.343. The SMILES string of the molecule is C=CCn1c(=O)c2ccc(Nc3cc(N[C@H](CO)c4ccccc4)c(C4=NC5(CCCCC5)CO4)cn3)nc2n1C. The van der Waals surface area contributed by atoms with Gasteiger partial charge < -0.3 is 20.5 Å². The number of anilines is 3. The lowest BCUT2D eigenvalue weighted by molar-refractivity contribution is 0.207. The highest BCUT2D eigenvalue weighted by Gasteiger charge is 2.38. The Hall–Kier alpha value is -4.44. The van der Waals surface area contributed by atoms with Crippen LogP contribution in [-0.4, -0.2) is 49.1 Å². The van der Waals surface area contributed by atoms with Crippen molar-refractivity contribution >= 4 is 34.3 Å². The van der Waals surface area contributed by atoms with Crippen molar-refractivity contribution in [3.63, 3.8) is 0 Å². The first kappa shape index (κ1) is 26.8. The van der Waals surface area contributed by atoms with E-state index in [-0.39, 0.29) is 23.7 Å². The van der Waals surface area contributed by atoms with E-state index in [2.05, 4.69) is 22.2 Å². The van der Waals surface area contributed by atoms with Crippen LogP contribution in [-0.2, 0) is 18.3 Å². The summed E-state index contributed by atoms with van der Waals surface area (Å²) in [6, 6.07) is 14.9. The van der Waals surface area contributed by atoms with Crippen LogP contribution in [0.5, 0.6) is 0 Å². The van der Waals surface area contributed by atoms with Gasteiger partial charge in [-0.15, -0.1) is 6.58 Å². The Kier molecular flexibility index (Phi) is 7.32. The molecule has 212 valence electrons. The third-order valence-electron chi connectivity index (χ3n) is 8.02. The molecule has 1 aliphatic carbocycles. The van der Waals surface area contributed by atoms with Crippen molar-refractivity contribution in [3.05, 3.63) is 88.9 Å². The number of nitrogens with one attached hydrogen (secondary N) is 2. The highest BCUT2D eigenvalue weighted by molar-refractivity contribution is 6.01. The molecule has 3 aromatic heterocycles. The predicted molar refractivity (Wildman–Crippen MR) is 161 cm³/mol. The summed E-state index contributed by atoms with van der Waals surface area (Å²) >= 11 is 0. The fourth-order valence-electron chi connectivity index (χ4n) is 5.79. The number of hydrogen-bond acceptors (Lipinski definition) is 8. The van der Waals surface area contributed by atoms with Gasteiger partial charge in [0.15, 0.2) is 5.65 Å². The van der Waals surface area contributed by atoms with Gasteiger partial charge in [-0.25, -0.2) is 19.6 Å². The molecule has 0 unspecified atom stereocenters. The fourth-order valence-corrected chi connectivity index (χ4v) is 5.79. The van der Waals surface area contributed by atoms with Crippen molar-refractivity contribution in [2.24, 2.45) is 12.0 Å². The number of nitrogens with zero attached hydrogens (tertiary/aromatic N) is 5. The molecule has 4 aromatic rings. The van der Waals surface area contributed by atoms with Crippen LogP contribution in [0.15, 0.2) is 77.2 Å². The quantitative estimate of drug-likeness (QED) is 0.258. The summed E-state index contributed by atoms with van der Waals surface area (Å²) in [6.07, 6.45) is 9.05. The van der Waals surface area contributed by atoms with Gasteiger partial charge in [-0.3, -0.25) is 9.48 Å².